The number of nitrogens with one attached hydrogen (secondary N) is 1. The van der Waals surface area contributed by atoms with E-state index in [-0.39, 0.29) is 12.5 Å². The molecule has 0 bridgehead atoms. The molecule has 0 aliphatic carbocycles. The van der Waals surface area contributed by atoms with Crippen LogP contribution in [0.2, 0.25) is 0 Å². The number of aliphatic hydroxyl groups excluding tert-OH is 2. The number of carbonyl (C=O) groups excluding carboxylic acids is 1. The topological polar surface area (TPSA) is 69.6 Å². The minimum atomic E-state index is -0.658. The molecule has 0 spiro atoms. The van der Waals surface area contributed by atoms with E-state index in [1.165, 1.54) is 302 Å². The number of hydrogen-bond donors (Lipinski definition) is 3. The van der Waals surface area contributed by atoms with Crippen LogP contribution in [0.25, 0.3) is 0 Å². The maximum atomic E-state index is 12.5. The molecular formula is C61H121NO3. The monoisotopic (exact) mass is 916 g/mol. The highest BCUT2D eigenvalue weighted by molar-refractivity contribution is 5.76. The van der Waals surface area contributed by atoms with Crippen molar-refractivity contribution < 1.29 is 15.0 Å². The van der Waals surface area contributed by atoms with Gasteiger partial charge in [-0.1, -0.05) is 321 Å². The van der Waals surface area contributed by atoms with Crippen LogP contribution in [0.4, 0.5) is 0 Å². The fourth-order valence-electron chi connectivity index (χ4n) is 9.89. The molecule has 0 aliphatic heterocycles. The molecule has 0 rings (SSSR count). The van der Waals surface area contributed by atoms with Gasteiger partial charge in [0.2, 0.25) is 5.91 Å². The van der Waals surface area contributed by atoms with Crippen molar-refractivity contribution in [1.29, 1.82) is 0 Å². The third-order valence-electron chi connectivity index (χ3n) is 14.5. The molecule has 4 nitrogen and oxygen atoms in total. The summed E-state index contributed by atoms with van der Waals surface area (Å²) in [5.74, 6) is -0.0252. The van der Waals surface area contributed by atoms with Crippen molar-refractivity contribution in [3.05, 3.63) is 12.2 Å². The largest absolute Gasteiger partial charge is 0.394 e. The Bertz CT molecular complexity index is 905. The van der Waals surface area contributed by atoms with E-state index in [4.69, 9.17) is 0 Å². The number of allylic oxidation sites excluding steroid dienone is 2. The van der Waals surface area contributed by atoms with Gasteiger partial charge in [-0.15, -0.1) is 0 Å². The lowest BCUT2D eigenvalue weighted by Gasteiger charge is -2.22. The number of amides is 1. The predicted molar refractivity (Wildman–Crippen MR) is 290 cm³/mol. The molecule has 0 radical (unpaired) electrons. The number of aliphatic hydroxyl groups is 2. The Morgan fingerprint density at radius 1 is 0.354 bits per heavy atom. The van der Waals surface area contributed by atoms with Crippen molar-refractivity contribution in [2.45, 2.75) is 366 Å². The molecule has 0 aliphatic rings. The molecule has 0 heterocycles. The molecule has 3 N–H and O–H groups in total. The second-order valence-electron chi connectivity index (χ2n) is 21.1. The molecular weight excluding hydrogens is 795 g/mol. The lowest BCUT2D eigenvalue weighted by Crippen LogP contribution is -2.45. The van der Waals surface area contributed by atoms with Gasteiger partial charge in [0.05, 0.1) is 18.8 Å². The van der Waals surface area contributed by atoms with Crippen LogP contribution < -0.4 is 5.32 Å². The Hall–Kier alpha value is -0.870. The number of carbonyl (C=O) groups is 1. The molecule has 0 aromatic carbocycles. The number of rotatable bonds is 57. The van der Waals surface area contributed by atoms with Crippen molar-refractivity contribution in [1.82, 2.24) is 5.32 Å². The molecule has 0 fully saturated rings. The standard InChI is InChI=1S/C61H121NO3/c1-3-5-7-9-11-13-15-17-19-21-23-25-27-28-29-30-31-32-33-35-36-38-40-42-44-46-48-50-52-54-56-60(64)59(58-63)62-61(65)57-55-53-51-49-47-45-43-41-39-37-34-26-24-22-20-18-16-14-12-10-8-6-4-2/h22,24,59-60,63-64H,3-21,23,25-58H2,1-2H3,(H,62,65)/b24-22-. The molecule has 2 atom stereocenters. The summed E-state index contributed by atoms with van der Waals surface area (Å²) >= 11 is 0. The Labute approximate surface area is 409 Å². The zero-order valence-corrected chi connectivity index (χ0v) is 44.8. The second kappa shape index (κ2) is 57.4. The van der Waals surface area contributed by atoms with Gasteiger partial charge in [-0.2, -0.15) is 0 Å². The molecule has 65 heavy (non-hydrogen) atoms. The van der Waals surface area contributed by atoms with Crippen molar-refractivity contribution in [3.63, 3.8) is 0 Å². The van der Waals surface area contributed by atoms with Gasteiger partial charge in [0.1, 0.15) is 0 Å². The molecule has 0 saturated heterocycles. The molecule has 4 heteroatoms. The molecule has 0 aromatic rings. The number of unbranched alkanes of at least 4 members (excludes halogenated alkanes) is 48. The minimum absolute atomic E-state index is 0.0252. The van der Waals surface area contributed by atoms with Crippen molar-refractivity contribution in [2.24, 2.45) is 0 Å². The van der Waals surface area contributed by atoms with Gasteiger partial charge in [-0.05, 0) is 38.5 Å². The Balaban J connectivity index is 3.40. The smallest absolute Gasteiger partial charge is 0.220 e. The van der Waals surface area contributed by atoms with Crippen LogP contribution in [-0.2, 0) is 4.79 Å². The summed E-state index contributed by atoms with van der Waals surface area (Å²) in [7, 11) is 0. The van der Waals surface area contributed by atoms with E-state index in [1.807, 2.05) is 0 Å². The van der Waals surface area contributed by atoms with E-state index >= 15 is 0 Å². The quantitative estimate of drug-likeness (QED) is 0.0421. The summed E-state index contributed by atoms with van der Waals surface area (Å²) in [4.78, 5) is 12.5. The first kappa shape index (κ1) is 64.1. The molecule has 0 saturated carbocycles. The van der Waals surface area contributed by atoms with Crippen LogP contribution in [0, 0.1) is 0 Å². The normalized spacial score (nSPS) is 12.7. The first-order chi connectivity index (χ1) is 32.2. The maximum absolute atomic E-state index is 12.5. The van der Waals surface area contributed by atoms with Gasteiger partial charge in [-0.25, -0.2) is 0 Å². The van der Waals surface area contributed by atoms with Gasteiger partial charge in [0.25, 0.3) is 0 Å². The van der Waals surface area contributed by atoms with Crippen LogP contribution in [0.3, 0.4) is 0 Å². The van der Waals surface area contributed by atoms with Gasteiger partial charge < -0.3 is 15.5 Å². The zero-order valence-electron chi connectivity index (χ0n) is 44.8. The summed E-state index contributed by atoms with van der Waals surface area (Å²) in [6.45, 7) is 4.40. The highest BCUT2D eigenvalue weighted by Crippen LogP contribution is 2.18. The summed E-state index contributed by atoms with van der Waals surface area (Å²) < 4.78 is 0. The first-order valence-corrected chi connectivity index (χ1v) is 30.4. The van der Waals surface area contributed by atoms with Crippen molar-refractivity contribution in [3.8, 4) is 0 Å². The van der Waals surface area contributed by atoms with Crippen molar-refractivity contribution in [2.75, 3.05) is 6.61 Å². The van der Waals surface area contributed by atoms with E-state index in [1.54, 1.807) is 0 Å². The van der Waals surface area contributed by atoms with Crippen LogP contribution in [0.1, 0.15) is 354 Å². The third kappa shape index (κ3) is 53.9. The lowest BCUT2D eigenvalue weighted by molar-refractivity contribution is -0.123. The molecule has 1 amide bonds. The molecule has 388 valence electrons. The highest BCUT2D eigenvalue weighted by Gasteiger charge is 2.20. The first-order valence-electron chi connectivity index (χ1n) is 30.4. The Morgan fingerprint density at radius 2 is 0.585 bits per heavy atom. The molecule has 0 aromatic heterocycles. The predicted octanol–water partition coefficient (Wildman–Crippen LogP) is 20.1. The van der Waals surface area contributed by atoms with Gasteiger partial charge in [0, 0.05) is 6.42 Å². The lowest BCUT2D eigenvalue weighted by atomic mass is 10.0. The van der Waals surface area contributed by atoms with Crippen LogP contribution in [0.15, 0.2) is 12.2 Å². The summed E-state index contributed by atoms with van der Waals surface area (Å²) in [5.41, 5.74) is 0. The third-order valence-corrected chi connectivity index (χ3v) is 14.5. The highest BCUT2D eigenvalue weighted by atomic mass is 16.3. The van der Waals surface area contributed by atoms with E-state index < -0.39 is 12.1 Å². The minimum Gasteiger partial charge on any atom is -0.394 e. The number of hydrogen-bond acceptors (Lipinski definition) is 3. The second-order valence-corrected chi connectivity index (χ2v) is 21.1. The summed E-state index contributed by atoms with van der Waals surface area (Å²) in [5, 5.41) is 23.4. The summed E-state index contributed by atoms with van der Waals surface area (Å²) in [6, 6.07) is -0.535. The summed E-state index contributed by atoms with van der Waals surface area (Å²) in [6.07, 6.45) is 75.1. The van der Waals surface area contributed by atoms with E-state index in [0.717, 1.165) is 25.7 Å². The SMILES string of the molecule is CCCCCCCCCC/C=C\CCCCCCCCCCCCCC(=O)NC(CO)C(O)CCCCCCCCCCCCCCCCCCCCCCCCCCCCCCCC. The fourth-order valence-corrected chi connectivity index (χ4v) is 9.89. The van der Waals surface area contributed by atoms with E-state index in [2.05, 4.69) is 31.3 Å². The average molecular weight is 917 g/mol. The van der Waals surface area contributed by atoms with Crippen LogP contribution in [0.5, 0.6) is 0 Å². The van der Waals surface area contributed by atoms with Gasteiger partial charge >= 0.3 is 0 Å². The maximum Gasteiger partial charge on any atom is 0.220 e. The Morgan fingerprint density at radius 3 is 0.846 bits per heavy atom. The molecule has 2 unspecified atom stereocenters. The Kier molecular flexibility index (Phi) is 56.7. The average Bonchev–Trinajstić information content (AvgIpc) is 3.31. The fraction of sp³-hybridized carbons (Fsp3) is 0.951. The van der Waals surface area contributed by atoms with Crippen LogP contribution in [-0.4, -0.2) is 34.9 Å². The van der Waals surface area contributed by atoms with E-state index in [0.29, 0.717) is 12.8 Å². The van der Waals surface area contributed by atoms with Gasteiger partial charge in [-0.3, -0.25) is 4.79 Å². The van der Waals surface area contributed by atoms with Gasteiger partial charge in [0.15, 0.2) is 0 Å². The van der Waals surface area contributed by atoms with E-state index in [9.17, 15) is 15.0 Å². The van der Waals surface area contributed by atoms with Crippen molar-refractivity contribution >= 4 is 5.91 Å². The zero-order chi connectivity index (χ0) is 47.0. The van der Waals surface area contributed by atoms with Crippen LogP contribution >= 0.6 is 0 Å².